The average Bonchev–Trinajstić information content (AvgIpc) is 2.68. The standard InChI is InChI=1S/C18H27N3O4S/c1-19-10-12-20(13-11-19)18(22)15-4-3-9-21(14-15)26(23,24)17-7-5-16(25-2)6-8-17/h5-8,15H,3-4,9-14H2,1-2H3/p+1/t15-/m0/s1. The second-order valence-electron chi connectivity index (χ2n) is 7.16. The first-order chi connectivity index (χ1) is 12.4. The lowest BCUT2D eigenvalue weighted by Crippen LogP contribution is -3.12. The summed E-state index contributed by atoms with van der Waals surface area (Å²) in [6.45, 7) is 4.15. The van der Waals surface area contributed by atoms with Crippen molar-refractivity contribution in [3.8, 4) is 5.75 Å². The van der Waals surface area contributed by atoms with Gasteiger partial charge in [-0.15, -0.1) is 0 Å². The molecule has 2 aliphatic heterocycles. The molecule has 0 saturated carbocycles. The molecule has 0 radical (unpaired) electrons. The van der Waals surface area contributed by atoms with Gasteiger partial charge in [0.15, 0.2) is 0 Å². The summed E-state index contributed by atoms with van der Waals surface area (Å²) in [7, 11) is 0.0863. The van der Waals surface area contributed by atoms with Gasteiger partial charge in [0.1, 0.15) is 5.75 Å². The van der Waals surface area contributed by atoms with Crippen LogP contribution < -0.4 is 9.64 Å². The molecule has 1 atom stereocenters. The van der Waals surface area contributed by atoms with E-state index in [0.717, 1.165) is 32.6 Å². The van der Waals surface area contributed by atoms with Gasteiger partial charge in [0.25, 0.3) is 0 Å². The molecule has 144 valence electrons. The van der Waals surface area contributed by atoms with E-state index in [-0.39, 0.29) is 23.3 Å². The molecule has 0 aromatic heterocycles. The zero-order chi connectivity index (χ0) is 18.7. The third kappa shape index (κ3) is 4.02. The van der Waals surface area contributed by atoms with E-state index in [2.05, 4.69) is 7.05 Å². The number of methoxy groups -OCH3 is 1. The van der Waals surface area contributed by atoms with Crippen LogP contribution in [0.4, 0.5) is 0 Å². The van der Waals surface area contributed by atoms with Gasteiger partial charge in [-0.2, -0.15) is 4.31 Å². The maximum Gasteiger partial charge on any atom is 0.243 e. The Morgan fingerprint density at radius 3 is 2.42 bits per heavy atom. The number of piperidine rings is 1. The molecule has 1 aromatic carbocycles. The Balaban J connectivity index is 1.69. The van der Waals surface area contributed by atoms with Gasteiger partial charge in [0.2, 0.25) is 15.9 Å². The average molecular weight is 383 g/mol. The first-order valence-electron chi connectivity index (χ1n) is 9.16. The summed E-state index contributed by atoms with van der Waals surface area (Å²) in [5.41, 5.74) is 0. The molecule has 7 nitrogen and oxygen atoms in total. The van der Waals surface area contributed by atoms with E-state index in [1.165, 1.54) is 9.21 Å². The molecule has 3 rings (SSSR count). The summed E-state index contributed by atoms with van der Waals surface area (Å²) < 4.78 is 32.4. The number of sulfonamides is 1. The molecule has 2 fully saturated rings. The summed E-state index contributed by atoms with van der Waals surface area (Å²) in [5, 5.41) is 0. The molecule has 0 spiro atoms. The van der Waals surface area contributed by atoms with Crippen molar-refractivity contribution in [2.75, 3.05) is 53.4 Å². The number of carbonyl (C=O) groups excluding carboxylic acids is 1. The SMILES string of the molecule is COc1ccc(S(=O)(=O)N2CCC[C@H](C(=O)N3CC[NH+](C)CC3)C2)cc1. The quantitative estimate of drug-likeness (QED) is 0.759. The first kappa shape index (κ1) is 19.1. The topological polar surface area (TPSA) is 71.4 Å². The van der Waals surface area contributed by atoms with Crippen molar-refractivity contribution in [2.45, 2.75) is 17.7 Å². The molecule has 1 N–H and O–H groups in total. The van der Waals surface area contributed by atoms with Crippen molar-refractivity contribution >= 4 is 15.9 Å². The van der Waals surface area contributed by atoms with Crippen LogP contribution in [0.15, 0.2) is 29.2 Å². The van der Waals surface area contributed by atoms with Crippen LogP contribution in [0.1, 0.15) is 12.8 Å². The van der Waals surface area contributed by atoms with E-state index in [9.17, 15) is 13.2 Å². The Morgan fingerprint density at radius 1 is 1.15 bits per heavy atom. The monoisotopic (exact) mass is 382 g/mol. The molecular formula is C18H28N3O4S+. The van der Waals surface area contributed by atoms with Gasteiger partial charge in [0, 0.05) is 13.1 Å². The highest BCUT2D eigenvalue weighted by Crippen LogP contribution is 2.26. The highest BCUT2D eigenvalue weighted by molar-refractivity contribution is 7.89. The van der Waals surface area contributed by atoms with Crippen LogP contribution in [0.3, 0.4) is 0 Å². The van der Waals surface area contributed by atoms with Crippen LogP contribution in [0, 0.1) is 5.92 Å². The van der Waals surface area contributed by atoms with Crippen LogP contribution in [0.2, 0.25) is 0 Å². The maximum atomic E-state index is 12.9. The lowest BCUT2D eigenvalue weighted by atomic mass is 9.98. The van der Waals surface area contributed by atoms with E-state index in [1.54, 1.807) is 31.4 Å². The van der Waals surface area contributed by atoms with E-state index in [1.807, 2.05) is 4.90 Å². The van der Waals surface area contributed by atoms with Gasteiger partial charge in [-0.1, -0.05) is 0 Å². The number of nitrogens with zero attached hydrogens (tertiary/aromatic N) is 2. The molecular weight excluding hydrogens is 354 g/mol. The summed E-state index contributed by atoms with van der Waals surface area (Å²) >= 11 is 0. The molecule has 2 heterocycles. The van der Waals surface area contributed by atoms with Crippen molar-refractivity contribution in [3.05, 3.63) is 24.3 Å². The van der Waals surface area contributed by atoms with E-state index >= 15 is 0 Å². The highest BCUT2D eigenvalue weighted by atomic mass is 32.2. The minimum absolute atomic E-state index is 0.104. The van der Waals surface area contributed by atoms with Gasteiger partial charge >= 0.3 is 0 Å². The van der Waals surface area contributed by atoms with Crippen LogP contribution in [0.25, 0.3) is 0 Å². The summed E-state index contributed by atoms with van der Waals surface area (Å²) in [5.74, 6) is 0.482. The number of hydrogen-bond acceptors (Lipinski definition) is 4. The molecule has 0 aliphatic carbocycles. The van der Waals surface area contributed by atoms with Gasteiger partial charge in [0.05, 0.1) is 51.1 Å². The molecule has 2 aliphatic rings. The zero-order valence-electron chi connectivity index (χ0n) is 15.5. The van der Waals surface area contributed by atoms with Crippen LogP contribution in [0.5, 0.6) is 5.75 Å². The van der Waals surface area contributed by atoms with Crippen molar-refractivity contribution in [1.82, 2.24) is 9.21 Å². The van der Waals surface area contributed by atoms with Crippen LogP contribution in [-0.4, -0.2) is 77.0 Å². The molecule has 1 aromatic rings. The number of amides is 1. The third-order valence-electron chi connectivity index (χ3n) is 5.36. The molecule has 0 bridgehead atoms. The van der Waals surface area contributed by atoms with Gasteiger partial charge in [-0.3, -0.25) is 4.79 Å². The normalized spacial score (nSPS) is 23.0. The fourth-order valence-electron chi connectivity index (χ4n) is 3.63. The first-order valence-corrected chi connectivity index (χ1v) is 10.6. The second kappa shape index (κ2) is 7.94. The van der Waals surface area contributed by atoms with Crippen molar-refractivity contribution in [1.29, 1.82) is 0 Å². The van der Waals surface area contributed by atoms with Gasteiger partial charge < -0.3 is 14.5 Å². The smallest absolute Gasteiger partial charge is 0.243 e. The summed E-state index contributed by atoms with van der Waals surface area (Å²) in [6.07, 6.45) is 1.47. The lowest BCUT2D eigenvalue weighted by molar-refractivity contribution is -0.883. The van der Waals surface area contributed by atoms with E-state index < -0.39 is 10.0 Å². The fraction of sp³-hybridized carbons (Fsp3) is 0.611. The maximum absolute atomic E-state index is 12.9. The summed E-state index contributed by atoms with van der Waals surface area (Å²) in [4.78, 5) is 16.4. The number of nitrogens with one attached hydrogen (secondary N) is 1. The highest BCUT2D eigenvalue weighted by Gasteiger charge is 2.36. The Kier molecular flexibility index (Phi) is 5.84. The lowest BCUT2D eigenvalue weighted by Gasteiger charge is -2.36. The fourth-order valence-corrected chi connectivity index (χ4v) is 5.15. The minimum Gasteiger partial charge on any atom is -0.497 e. The molecule has 1 amide bonds. The number of piperazine rings is 1. The van der Waals surface area contributed by atoms with E-state index in [4.69, 9.17) is 4.74 Å². The van der Waals surface area contributed by atoms with Crippen LogP contribution >= 0.6 is 0 Å². The van der Waals surface area contributed by atoms with Crippen molar-refractivity contribution in [2.24, 2.45) is 5.92 Å². The Morgan fingerprint density at radius 2 is 1.81 bits per heavy atom. The largest absolute Gasteiger partial charge is 0.497 e. The minimum atomic E-state index is -3.59. The molecule has 2 saturated heterocycles. The predicted octanol–water partition coefficient (Wildman–Crippen LogP) is -0.547. The predicted molar refractivity (Wildman–Crippen MR) is 97.7 cm³/mol. The molecule has 0 unspecified atom stereocenters. The Labute approximate surface area is 155 Å². The number of quaternary nitrogens is 1. The van der Waals surface area contributed by atoms with Gasteiger partial charge in [-0.05, 0) is 37.1 Å². The Bertz CT molecular complexity index is 727. The van der Waals surface area contributed by atoms with Gasteiger partial charge in [-0.25, -0.2) is 8.42 Å². The Hall–Kier alpha value is -1.64. The zero-order valence-corrected chi connectivity index (χ0v) is 16.3. The number of carbonyl (C=O) groups is 1. The summed E-state index contributed by atoms with van der Waals surface area (Å²) in [6, 6.07) is 6.41. The number of benzene rings is 1. The van der Waals surface area contributed by atoms with Crippen molar-refractivity contribution in [3.63, 3.8) is 0 Å². The number of rotatable bonds is 4. The number of hydrogen-bond donors (Lipinski definition) is 1. The van der Waals surface area contributed by atoms with Crippen molar-refractivity contribution < 1.29 is 22.8 Å². The van der Waals surface area contributed by atoms with Crippen LogP contribution in [-0.2, 0) is 14.8 Å². The van der Waals surface area contributed by atoms with E-state index in [0.29, 0.717) is 18.7 Å². The second-order valence-corrected chi connectivity index (χ2v) is 9.10. The number of likely N-dealkylation sites (N-methyl/N-ethyl adjacent to an activating group) is 1. The molecule has 26 heavy (non-hydrogen) atoms. The number of ether oxygens (including phenoxy) is 1. The third-order valence-corrected chi connectivity index (χ3v) is 7.24. The molecule has 8 heteroatoms.